The highest BCUT2D eigenvalue weighted by atomic mass is 32.2. The van der Waals surface area contributed by atoms with Crippen molar-refractivity contribution >= 4 is 15.7 Å². The molecule has 0 heterocycles. The Balaban J connectivity index is 1.65. The zero-order valence-corrected chi connectivity index (χ0v) is 15.5. The van der Waals surface area contributed by atoms with Gasteiger partial charge in [0.15, 0.2) is 11.6 Å². The smallest absolute Gasteiger partial charge is 0.207 e. The molecule has 0 aliphatic heterocycles. The first-order valence-electron chi connectivity index (χ1n) is 8.54. The topological polar surface area (TPSA) is 58.5 Å². The summed E-state index contributed by atoms with van der Waals surface area (Å²) in [7, 11) is -3.75. The first-order valence-corrected chi connectivity index (χ1v) is 10.0. The number of aryl methyl sites for hydroxylation is 1. The van der Waals surface area contributed by atoms with Crippen molar-refractivity contribution in [3.8, 4) is 0 Å². The summed E-state index contributed by atoms with van der Waals surface area (Å²) in [5, 5.41) is 3.99. The van der Waals surface area contributed by atoms with Crippen LogP contribution in [0, 0.1) is 24.4 Å². The summed E-state index contributed by atoms with van der Waals surface area (Å²) >= 11 is 0. The van der Waals surface area contributed by atoms with Gasteiger partial charge in [-0.25, -0.2) is 18.0 Å². The van der Waals surface area contributed by atoms with Crippen molar-refractivity contribution < 1.29 is 21.6 Å². The molecule has 4 nitrogen and oxygen atoms in total. The van der Waals surface area contributed by atoms with E-state index in [1.165, 1.54) is 12.1 Å². The molecule has 0 bridgehead atoms. The minimum atomic E-state index is -3.75. The van der Waals surface area contributed by atoms with Gasteiger partial charge in [0.25, 0.3) is 10.0 Å². The molecule has 0 radical (unpaired) electrons. The molecular weight excluding hydrogens is 377 g/mol. The number of sulfonamides is 1. The van der Waals surface area contributed by atoms with Crippen molar-refractivity contribution in [2.24, 2.45) is 5.10 Å². The van der Waals surface area contributed by atoms with Crippen LogP contribution >= 0.6 is 0 Å². The van der Waals surface area contributed by atoms with E-state index >= 15 is 0 Å². The van der Waals surface area contributed by atoms with Crippen LogP contribution in [0.25, 0.3) is 0 Å². The molecule has 1 saturated carbocycles. The van der Waals surface area contributed by atoms with Crippen LogP contribution in [-0.4, -0.2) is 14.1 Å². The van der Waals surface area contributed by atoms with Crippen LogP contribution in [0.4, 0.5) is 13.2 Å². The van der Waals surface area contributed by atoms with Gasteiger partial charge in [0.1, 0.15) is 5.82 Å². The van der Waals surface area contributed by atoms with Crippen LogP contribution in [0.2, 0.25) is 0 Å². The van der Waals surface area contributed by atoms with Gasteiger partial charge in [-0.05, 0) is 62.3 Å². The number of nitrogens with zero attached hydrogens (tertiary/aromatic N) is 1. The summed E-state index contributed by atoms with van der Waals surface area (Å²) < 4.78 is 64.8. The lowest BCUT2D eigenvalue weighted by atomic mass is 9.83. The molecule has 3 rings (SSSR count). The van der Waals surface area contributed by atoms with E-state index in [2.05, 4.69) is 9.93 Å². The minimum absolute atomic E-state index is 0.120. The Morgan fingerprint density at radius 3 is 2.19 bits per heavy atom. The summed E-state index contributed by atoms with van der Waals surface area (Å²) in [6.07, 6.45) is 1.85. The van der Waals surface area contributed by atoms with Gasteiger partial charge in [0.2, 0.25) is 0 Å². The average Bonchev–Trinajstić information content (AvgIpc) is 2.64. The molecule has 0 atom stereocenters. The van der Waals surface area contributed by atoms with E-state index < -0.39 is 27.5 Å². The quantitative estimate of drug-likeness (QED) is 0.615. The van der Waals surface area contributed by atoms with Crippen molar-refractivity contribution in [2.45, 2.75) is 43.4 Å². The van der Waals surface area contributed by atoms with Crippen LogP contribution in [0.1, 0.15) is 42.7 Å². The predicted molar refractivity (Wildman–Crippen MR) is 96.5 cm³/mol. The van der Waals surface area contributed by atoms with Gasteiger partial charge in [0, 0.05) is 11.8 Å². The molecule has 1 fully saturated rings. The van der Waals surface area contributed by atoms with Gasteiger partial charge < -0.3 is 0 Å². The van der Waals surface area contributed by atoms with Crippen molar-refractivity contribution in [2.75, 3.05) is 0 Å². The maximum atomic E-state index is 13.9. The third kappa shape index (κ3) is 4.50. The van der Waals surface area contributed by atoms with E-state index in [0.717, 1.165) is 11.6 Å². The largest absolute Gasteiger partial charge is 0.276 e. The predicted octanol–water partition coefficient (Wildman–Crippen LogP) is 4.40. The number of nitrogens with one attached hydrogen (secondary N) is 1. The fourth-order valence-corrected chi connectivity index (χ4v) is 3.97. The molecular formula is C19H19F3N2O2S. The van der Waals surface area contributed by atoms with Gasteiger partial charge in [-0.1, -0.05) is 17.7 Å². The van der Waals surface area contributed by atoms with E-state index in [0.29, 0.717) is 37.5 Å². The Kier molecular flexibility index (Phi) is 5.55. The molecule has 2 aromatic carbocycles. The summed E-state index contributed by atoms with van der Waals surface area (Å²) in [5.74, 6) is -3.30. The molecule has 0 amide bonds. The number of hydrazone groups is 1. The number of hydrogen-bond acceptors (Lipinski definition) is 3. The first-order chi connectivity index (χ1) is 12.8. The highest BCUT2D eigenvalue weighted by Gasteiger charge is 2.24. The lowest BCUT2D eigenvalue weighted by Crippen LogP contribution is -2.22. The van der Waals surface area contributed by atoms with Gasteiger partial charge in [-0.15, -0.1) is 0 Å². The van der Waals surface area contributed by atoms with E-state index in [-0.39, 0.29) is 16.4 Å². The molecule has 144 valence electrons. The van der Waals surface area contributed by atoms with Crippen LogP contribution in [-0.2, 0) is 10.0 Å². The lowest BCUT2D eigenvalue weighted by molar-refractivity contribution is 0.472. The number of halogens is 3. The molecule has 27 heavy (non-hydrogen) atoms. The van der Waals surface area contributed by atoms with Crippen molar-refractivity contribution in [3.63, 3.8) is 0 Å². The molecule has 8 heteroatoms. The van der Waals surface area contributed by atoms with Crippen molar-refractivity contribution in [1.29, 1.82) is 0 Å². The number of hydrogen-bond donors (Lipinski definition) is 1. The summed E-state index contributed by atoms with van der Waals surface area (Å²) in [4.78, 5) is 2.34. The van der Waals surface area contributed by atoms with E-state index in [4.69, 9.17) is 0 Å². The molecule has 1 N–H and O–H groups in total. The van der Waals surface area contributed by atoms with Gasteiger partial charge in [-0.2, -0.15) is 13.5 Å². The minimum Gasteiger partial charge on any atom is -0.207 e. The molecule has 1 aliphatic carbocycles. The third-order valence-corrected chi connectivity index (χ3v) is 5.92. The second-order valence-corrected chi connectivity index (χ2v) is 8.31. The lowest BCUT2D eigenvalue weighted by Gasteiger charge is -2.24. The average molecular weight is 396 g/mol. The van der Waals surface area contributed by atoms with Gasteiger partial charge in [0.05, 0.1) is 4.90 Å². The Morgan fingerprint density at radius 2 is 1.56 bits per heavy atom. The molecule has 0 unspecified atom stereocenters. The third-order valence-electron chi connectivity index (χ3n) is 4.70. The zero-order valence-electron chi connectivity index (χ0n) is 14.7. The van der Waals surface area contributed by atoms with Gasteiger partial charge >= 0.3 is 0 Å². The fraction of sp³-hybridized carbons (Fsp3) is 0.316. The Hall–Kier alpha value is -2.35. The van der Waals surface area contributed by atoms with Crippen LogP contribution < -0.4 is 4.83 Å². The van der Waals surface area contributed by atoms with E-state index in [1.807, 2.05) is 6.92 Å². The monoisotopic (exact) mass is 396 g/mol. The zero-order chi connectivity index (χ0) is 19.6. The summed E-state index contributed by atoms with van der Waals surface area (Å²) in [5.41, 5.74) is 1.74. The Labute approximate surface area is 156 Å². The second-order valence-electron chi connectivity index (χ2n) is 6.65. The highest BCUT2D eigenvalue weighted by molar-refractivity contribution is 7.89. The molecule has 0 aromatic heterocycles. The maximum Gasteiger partial charge on any atom is 0.276 e. The molecule has 1 aliphatic rings. The maximum absolute atomic E-state index is 13.9. The standard InChI is InChI=1S/C19H19F3N2O2S/c1-12-2-8-15(9-3-12)27(25,26)24-23-14-6-4-13(5-7-14)16-10-18(21)19(22)11-17(16)20/h2-3,8-11,13,24H,4-7H2,1H3. The Bertz CT molecular complexity index is 963. The molecule has 0 saturated heterocycles. The van der Waals surface area contributed by atoms with Crippen LogP contribution in [0.5, 0.6) is 0 Å². The normalized spacial score (nSPS) is 17.6. The van der Waals surface area contributed by atoms with Crippen LogP contribution in [0.15, 0.2) is 46.4 Å². The Morgan fingerprint density at radius 1 is 0.963 bits per heavy atom. The SMILES string of the molecule is Cc1ccc(S(=O)(=O)NN=C2CCC(c3cc(F)c(F)cc3F)CC2)cc1. The number of benzene rings is 2. The highest BCUT2D eigenvalue weighted by Crippen LogP contribution is 2.34. The van der Waals surface area contributed by atoms with E-state index in [9.17, 15) is 21.6 Å². The van der Waals surface area contributed by atoms with Crippen molar-refractivity contribution in [3.05, 3.63) is 65.0 Å². The summed E-state index contributed by atoms with van der Waals surface area (Å²) in [6, 6.07) is 7.86. The summed E-state index contributed by atoms with van der Waals surface area (Å²) in [6.45, 7) is 1.86. The van der Waals surface area contributed by atoms with Crippen LogP contribution in [0.3, 0.4) is 0 Å². The molecule has 0 spiro atoms. The fourth-order valence-electron chi connectivity index (χ4n) is 3.12. The van der Waals surface area contributed by atoms with Crippen molar-refractivity contribution in [1.82, 2.24) is 4.83 Å². The van der Waals surface area contributed by atoms with E-state index in [1.54, 1.807) is 12.1 Å². The second kappa shape index (κ2) is 7.72. The number of rotatable bonds is 4. The van der Waals surface area contributed by atoms with Gasteiger partial charge in [-0.3, -0.25) is 0 Å². The molecule has 2 aromatic rings. The first kappa shape index (κ1) is 19.4.